The fourth-order valence-corrected chi connectivity index (χ4v) is 2.06. The van der Waals surface area contributed by atoms with E-state index in [0.717, 1.165) is 12.2 Å². The van der Waals surface area contributed by atoms with Crippen molar-refractivity contribution in [3.63, 3.8) is 0 Å². The van der Waals surface area contributed by atoms with Gasteiger partial charge in [-0.05, 0) is 49.6 Å². The quantitative estimate of drug-likeness (QED) is 0.806. The topological polar surface area (TPSA) is 20.3 Å². The van der Waals surface area contributed by atoms with Crippen molar-refractivity contribution in [3.05, 3.63) is 35.6 Å². The molecule has 17 heavy (non-hydrogen) atoms. The average molecular weight is 255 g/mol. The van der Waals surface area contributed by atoms with E-state index >= 15 is 0 Å². The maximum atomic E-state index is 12.7. The number of thioether (sulfide) groups is 1. The third-order valence-electron chi connectivity index (χ3n) is 2.81. The molecule has 0 aliphatic heterocycles. The molecular formula is C13H18FNOS. The van der Waals surface area contributed by atoms with Crippen LogP contribution in [0.4, 0.5) is 4.39 Å². The van der Waals surface area contributed by atoms with Crippen molar-refractivity contribution in [3.8, 4) is 0 Å². The number of benzene rings is 1. The lowest BCUT2D eigenvalue weighted by molar-refractivity contribution is 0.0741. The summed E-state index contributed by atoms with van der Waals surface area (Å²) in [5.41, 5.74) is 0.532. The average Bonchev–Trinajstić information content (AvgIpc) is 2.35. The number of rotatable bonds is 5. The molecular weight excluding hydrogens is 237 g/mol. The molecule has 0 N–H and O–H groups in total. The molecule has 0 saturated heterocycles. The first kappa shape index (κ1) is 14.0. The van der Waals surface area contributed by atoms with Gasteiger partial charge in [-0.15, -0.1) is 0 Å². The molecule has 0 spiro atoms. The highest BCUT2D eigenvalue weighted by molar-refractivity contribution is 7.98. The highest BCUT2D eigenvalue weighted by Crippen LogP contribution is 2.11. The van der Waals surface area contributed by atoms with Crippen LogP contribution in [0.3, 0.4) is 0 Å². The molecule has 0 aliphatic rings. The lowest BCUT2D eigenvalue weighted by Gasteiger charge is -2.24. The molecule has 94 valence electrons. The van der Waals surface area contributed by atoms with Crippen LogP contribution >= 0.6 is 11.8 Å². The Morgan fingerprint density at radius 2 is 2.00 bits per heavy atom. The highest BCUT2D eigenvalue weighted by Gasteiger charge is 2.16. The second-order valence-corrected chi connectivity index (χ2v) is 5.04. The van der Waals surface area contributed by atoms with Crippen LogP contribution in [0.15, 0.2) is 24.3 Å². The second kappa shape index (κ2) is 6.64. The second-order valence-electron chi connectivity index (χ2n) is 4.05. The number of carbonyl (C=O) groups is 1. The van der Waals surface area contributed by atoms with E-state index in [-0.39, 0.29) is 17.8 Å². The maximum absolute atomic E-state index is 12.7. The molecule has 1 unspecified atom stereocenters. The number of hydrogen-bond donors (Lipinski definition) is 0. The standard InChI is InChI=1S/C13H18FNOS/c1-10(8-9-17-3)15(2)13(16)11-4-6-12(14)7-5-11/h4-7,10H,8-9H2,1-3H3. The van der Waals surface area contributed by atoms with E-state index in [1.165, 1.54) is 24.3 Å². The number of carbonyl (C=O) groups excluding carboxylic acids is 1. The first-order valence-electron chi connectivity index (χ1n) is 5.58. The normalized spacial score (nSPS) is 12.2. The lowest BCUT2D eigenvalue weighted by atomic mass is 10.1. The van der Waals surface area contributed by atoms with Gasteiger partial charge < -0.3 is 4.90 Å². The number of halogens is 1. The Labute approximate surface area is 106 Å². The molecule has 1 atom stereocenters. The Morgan fingerprint density at radius 1 is 1.41 bits per heavy atom. The summed E-state index contributed by atoms with van der Waals surface area (Å²) < 4.78 is 12.7. The summed E-state index contributed by atoms with van der Waals surface area (Å²) in [6.45, 7) is 2.03. The van der Waals surface area contributed by atoms with Crippen molar-refractivity contribution in [2.75, 3.05) is 19.1 Å². The minimum Gasteiger partial charge on any atom is -0.339 e. The van der Waals surface area contributed by atoms with Crippen LogP contribution in [0.2, 0.25) is 0 Å². The van der Waals surface area contributed by atoms with Gasteiger partial charge in [-0.2, -0.15) is 11.8 Å². The molecule has 0 saturated carbocycles. The molecule has 4 heteroatoms. The van der Waals surface area contributed by atoms with Gasteiger partial charge in [-0.1, -0.05) is 0 Å². The molecule has 1 rings (SSSR count). The predicted molar refractivity (Wildman–Crippen MR) is 71.0 cm³/mol. The Morgan fingerprint density at radius 3 is 2.53 bits per heavy atom. The van der Waals surface area contributed by atoms with E-state index in [2.05, 4.69) is 6.26 Å². The summed E-state index contributed by atoms with van der Waals surface area (Å²) >= 11 is 1.77. The lowest BCUT2D eigenvalue weighted by Crippen LogP contribution is -2.35. The number of nitrogens with zero attached hydrogens (tertiary/aromatic N) is 1. The molecule has 0 heterocycles. The van der Waals surface area contributed by atoms with Crippen LogP contribution < -0.4 is 0 Å². The highest BCUT2D eigenvalue weighted by atomic mass is 32.2. The first-order chi connectivity index (χ1) is 8.06. The van der Waals surface area contributed by atoms with Gasteiger partial charge in [0.25, 0.3) is 5.91 Å². The van der Waals surface area contributed by atoms with Crippen molar-refractivity contribution >= 4 is 17.7 Å². The zero-order valence-electron chi connectivity index (χ0n) is 10.4. The van der Waals surface area contributed by atoms with Gasteiger partial charge in [0.15, 0.2) is 0 Å². The van der Waals surface area contributed by atoms with E-state index < -0.39 is 0 Å². The van der Waals surface area contributed by atoms with E-state index in [1.54, 1.807) is 23.7 Å². The summed E-state index contributed by atoms with van der Waals surface area (Å²) in [6, 6.07) is 5.87. The Balaban J connectivity index is 2.65. The van der Waals surface area contributed by atoms with Gasteiger partial charge in [-0.25, -0.2) is 4.39 Å². The Bertz CT molecular complexity index is 366. The van der Waals surface area contributed by atoms with Crippen molar-refractivity contribution in [2.45, 2.75) is 19.4 Å². The third kappa shape index (κ3) is 4.04. The van der Waals surface area contributed by atoms with Crippen LogP contribution in [-0.2, 0) is 0 Å². The van der Waals surface area contributed by atoms with Gasteiger partial charge >= 0.3 is 0 Å². The van der Waals surface area contributed by atoms with Gasteiger partial charge in [0.2, 0.25) is 0 Å². The van der Waals surface area contributed by atoms with Crippen LogP contribution in [0.1, 0.15) is 23.7 Å². The van der Waals surface area contributed by atoms with Crippen molar-refractivity contribution in [2.24, 2.45) is 0 Å². The molecule has 2 nitrogen and oxygen atoms in total. The van der Waals surface area contributed by atoms with Crippen molar-refractivity contribution in [1.82, 2.24) is 4.90 Å². The molecule has 1 aromatic rings. The summed E-state index contributed by atoms with van der Waals surface area (Å²) in [5, 5.41) is 0. The zero-order valence-corrected chi connectivity index (χ0v) is 11.3. The number of hydrogen-bond acceptors (Lipinski definition) is 2. The van der Waals surface area contributed by atoms with Gasteiger partial charge in [-0.3, -0.25) is 4.79 Å². The van der Waals surface area contributed by atoms with E-state index in [0.29, 0.717) is 5.56 Å². The molecule has 1 aromatic carbocycles. The molecule has 0 aromatic heterocycles. The fourth-order valence-electron chi connectivity index (χ4n) is 1.48. The van der Waals surface area contributed by atoms with Crippen LogP contribution in [0.25, 0.3) is 0 Å². The van der Waals surface area contributed by atoms with Crippen molar-refractivity contribution < 1.29 is 9.18 Å². The van der Waals surface area contributed by atoms with E-state index in [1.807, 2.05) is 6.92 Å². The van der Waals surface area contributed by atoms with Crippen LogP contribution in [0.5, 0.6) is 0 Å². The monoisotopic (exact) mass is 255 g/mol. The summed E-state index contributed by atoms with van der Waals surface area (Å²) in [4.78, 5) is 13.8. The van der Waals surface area contributed by atoms with Crippen molar-refractivity contribution in [1.29, 1.82) is 0 Å². The van der Waals surface area contributed by atoms with Gasteiger partial charge in [0, 0.05) is 18.7 Å². The zero-order chi connectivity index (χ0) is 12.8. The maximum Gasteiger partial charge on any atom is 0.253 e. The van der Waals surface area contributed by atoms with Crippen LogP contribution in [-0.4, -0.2) is 35.9 Å². The Hall–Kier alpha value is -1.03. The van der Waals surface area contributed by atoms with Gasteiger partial charge in [0.1, 0.15) is 5.82 Å². The molecule has 1 amide bonds. The first-order valence-corrected chi connectivity index (χ1v) is 6.97. The minimum atomic E-state index is -0.320. The fraction of sp³-hybridized carbons (Fsp3) is 0.462. The number of amides is 1. The Kier molecular flexibility index (Phi) is 5.48. The summed E-state index contributed by atoms with van der Waals surface area (Å²) in [5.74, 6) is 0.653. The van der Waals surface area contributed by atoms with Crippen LogP contribution in [0, 0.1) is 5.82 Å². The van der Waals surface area contributed by atoms with E-state index in [9.17, 15) is 9.18 Å². The largest absolute Gasteiger partial charge is 0.339 e. The molecule has 0 bridgehead atoms. The summed E-state index contributed by atoms with van der Waals surface area (Å²) in [6.07, 6.45) is 3.01. The van der Waals surface area contributed by atoms with E-state index in [4.69, 9.17) is 0 Å². The SMILES string of the molecule is CSCCC(C)N(C)C(=O)c1ccc(F)cc1. The predicted octanol–water partition coefficient (Wildman–Crippen LogP) is 3.04. The third-order valence-corrected chi connectivity index (χ3v) is 3.46. The smallest absolute Gasteiger partial charge is 0.253 e. The molecule has 0 radical (unpaired) electrons. The summed E-state index contributed by atoms with van der Waals surface area (Å²) in [7, 11) is 1.79. The molecule has 0 fully saturated rings. The minimum absolute atomic E-state index is 0.0568. The molecule has 0 aliphatic carbocycles. The van der Waals surface area contributed by atoms with Gasteiger partial charge in [0.05, 0.1) is 0 Å².